The maximum absolute atomic E-state index is 4.62. The average molecular weight is 252 g/mol. The Labute approximate surface area is 107 Å². The van der Waals surface area contributed by atoms with E-state index in [1.807, 2.05) is 0 Å². The minimum absolute atomic E-state index is 0.590. The highest BCUT2D eigenvalue weighted by Gasteiger charge is 2.40. The number of nitrogens with one attached hydrogen (secondary N) is 1. The molecule has 1 N–H and O–H groups in total. The molecule has 2 saturated heterocycles. The molecule has 2 aliphatic heterocycles. The number of anilines is 1. The number of aromatic nitrogens is 2. The first kappa shape index (κ1) is 11.4. The second kappa shape index (κ2) is 4.53. The Hall–Kier alpha value is -0.680. The highest BCUT2D eigenvalue weighted by Crippen LogP contribution is 2.41. The van der Waals surface area contributed by atoms with Gasteiger partial charge >= 0.3 is 0 Å². The second-order valence-electron chi connectivity index (χ2n) is 5.21. The molecule has 0 aliphatic carbocycles. The number of rotatable bonds is 3. The van der Waals surface area contributed by atoms with Gasteiger partial charge in [0.25, 0.3) is 0 Å². The van der Waals surface area contributed by atoms with Gasteiger partial charge in [-0.15, -0.1) is 0 Å². The lowest BCUT2D eigenvalue weighted by Crippen LogP contribution is -2.39. The monoisotopic (exact) mass is 252 g/mol. The molecule has 2 atom stereocenters. The average Bonchev–Trinajstić information content (AvgIpc) is 2.83. The van der Waals surface area contributed by atoms with Gasteiger partial charge in [-0.1, -0.05) is 0 Å². The topological polar surface area (TPSA) is 41.1 Å². The third-order valence-electron chi connectivity index (χ3n) is 4.23. The molecular weight excluding hydrogens is 232 g/mol. The van der Waals surface area contributed by atoms with Gasteiger partial charge in [0.05, 0.1) is 0 Å². The van der Waals surface area contributed by atoms with Crippen LogP contribution in [-0.2, 0) is 0 Å². The van der Waals surface area contributed by atoms with Gasteiger partial charge in [-0.25, -0.2) is 4.98 Å². The predicted molar refractivity (Wildman–Crippen MR) is 70.6 cm³/mol. The van der Waals surface area contributed by atoms with Crippen LogP contribution >= 0.6 is 11.5 Å². The molecule has 0 radical (unpaired) electrons. The highest BCUT2D eigenvalue weighted by atomic mass is 32.1. The summed E-state index contributed by atoms with van der Waals surface area (Å²) in [6, 6.07) is 1.54. The number of fused-ring (bicyclic) bond motifs is 2. The maximum atomic E-state index is 4.62. The molecule has 2 bridgehead atoms. The number of piperidine rings is 1. The summed E-state index contributed by atoms with van der Waals surface area (Å²) in [7, 11) is 2.27. The van der Waals surface area contributed by atoms with E-state index in [0.717, 1.165) is 29.6 Å². The Balaban J connectivity index is 1.72. The maximum Gasteiger partial charge on any atom is 0.202 e. The Kier molecular flexibility index (Phi) is 3.04. The van der Waals surface area contributed by atoms with Crippen LogP contribution in [0.5, 0.6) is 0 Å². The Morgan fingerprint density at radius 3 is 2.71 bits per heavy atom. The van der Waals surface area contributed by atoms with E-state index in [1.165, 1.54) is 37.2 Å². The Morgan fingerprint density at radius 2 is 2.06 bits per heavy atom. The van der Waals surface area contributed by atoms with Crippen molar-refractivity contribution < 1.29 is 0 Å². The summed E-state index contributed by atoms with van der Waals surface area (Å²) in [4.78, 5) is 7.19. The van der Waals surface area contributed by atoms with E-state index in [9.17, 15) is 0 Å². The van der Waals surface area contributed by atoms with Crippen molar-refractivity contribution in [2.75, 3.05) is 18.9 Å². The fourth-order valence-corrected chi connectivity index (χ4v) is 3.96. The molecule has 94 valence electrons. The van der Waals surface area contributed by atoms with E-state index in [-0.39, 0.29) is 0 Å². The Bertz CT molecular complexity index is 378. The molecule has 1 aromatic heterocycles. The normalized spacial score (nSPS) is 32.9. The summed E-state index contributed by atoms with van der Waals surface area (Å²) in [5.41, 5.74) is 0. The molecule has 0 spiro atoms. The molecule has 0 saturated carbocycles. The summed E-state index contributed by atoms with van der Waals surface area (Å²) >= 11 is 1.51. The molecule has 3 rings (SSSR count). The molecule has 0 amide bonds. The van der Waals surface area contributed by atoms with Crippen molar-refractivity contribution in [3.8, 4) is 0 Å². The molecule has 0 aromatic carbocycles. The molecule has 1 aromatic rings. The molecule has 17 heavy (non-hydrogen) atoms. The van der Waals surface area contributed by atoms with Gasteiger partial charge in [-0.05, 0) is 39.7 Å². The van der Waals surface area contributed by atoms with Crippen LogP contribution in [0.4, 0.5) is 5.13 Å². The Morgan fingerprint density at radius 1 is 1.35 bits per heavy atom. The summed E-state index contributed by atoms with van der Waals surface area (Å²) in [6.45, 7) is 3.02. The van der Waals surface area contributed by atoms with Crippen LogP contribution in [-0.4, -0.2) is 39.9 Å². The van der Waals surface area contributed by atoms with E-state index in [2.05, 4.69) is 33.5 Å². The molecular formula is C12H20N4S. The van der Waals surface area contributed by atoms with Crippen molar-refractivity contribution in [2.24, 2.45) is 0 Å². The van der Waals surface area contributed by atoms with Crippen molar-refractivity contribution in [2.45, 2.75) is 50.6 Å². The van der Waals surface area contributed by atoms with Gasteiger partial charge in [0.2, 0.25) is 5.13 Å². The third-order valence-corrected chi connectivity index (χ3v) is 4.92. The van der Waals surface area contributed by atoms with Crippen LogP contribution in [0.3, 0.4) is 0 Å². The van der Waals surface area contributed by atoms with Gasteiger partial charge in [0.1, 0.15) is 5.82 Å². The van der Waals surface area contributed by atoms with Crippen molar-refractivity contribution in [1.82, 2.24) is 14.3 Å². The SMILES string of the molecule is CCNc1nc(C2CC3CCC(C2)N3C)ns1. The van der Waals surface area contributed by atoms with Gasteiger partial charge < -0.3 is 10.2 Å². The van der Waals surface area contributed by atoms with Crippen LogP contribution < -0.4 is 5.32 Å². The zero-order valence-corrected chi connectivity index (χ0v) is 11.3. The first-order chi connectivity index (χ1) is 8.28. The summed E-state index contributed by atoms with van der Waals surface area (Å²) < 4.78 is 4.53. The minimum atomic E-state index is 0.590. The lowest BCUT2D eigenvalue weighted by atomic mass is 9.90. The molecule has 2 unspecified atom stereocenters. The van der Waals surface area contributed by atoms with Gasteiger partial charge in [-0.3, -0.25) is 0 Å². The molecule has 2 aliphatic rings. The zero-order valence-electron chi connectivity index (χ0n) is 10.5. The van der Waals surface area contributed by atoms with E-state index in [0.29, 0.717) is 5.92 Å². The summed E-state index contributed by atoms with van der Waals surface area (Å²) in [5.74, 6) is 1.67. The van der Waals surface area contributed by atoms with Crippen molar-refractivity contribution in [3.05, 3.63) is 5.82 Å². The van der Waals surface area contributed by atoms with E-state index in [4.69, 9.17) is 0 Å². The molecule has 2 fully saturated rings. The smallest absolute Gasteiger partial charge is 0.202 e. The van der Waals surface area contributed by atoms with Gasteiger partial charge in [0.15, 0.2) is 0 Å². The standard InChI is InChI=1S/C12H20N4S/c1-3-13-12-14-11(15-17-12)8-6-9-4-5-10(7-8)16(9)2/h8-10H,3-7H2,1-2H3,(H,13,14,15). The van der Waals surface area contributed by atoms with E-state index in [1.54, 1.807) is 0 Å². The number of nitrogens with zero attached hydrogens (tertiary/aromatic N) is 3. The first-order valence-corrected chi connectivity index (χ1v) is 7.34. The van der Waals surface area contributed by atoms with Crippen LogP contribution in [0.25, 0.3) is 0 Å². The van der Waals surface area contributed by atoms with E-state index >= 15 is 0 Å². The van der Waals surface area contributed by atoms with Crippen molar-refractivity contribution >= 4 is 16.7 Å². The summed E-state index contributed by atoms with van der Waals surface area (Å²) in [6.07, 6.45) is 5.22. The van der Waals surface area contributed by atoms with Crippen molar-refractivity contribution in [3.63, 3.8) is 0 Å². The summed E-state index contributed by atoms with van der Waals surface area (Å²) in [5, 5.41) is 4.23. The largest absolute Gasteiger partial charge is 0.361 e. The lowest BCUT2D eigenvalue weighted by molar-refractivity contribution is 0.159. The van der Waals surface area contributed by atoms with Gasteiger partial charge in [0, 0.05) is 36.1 Å². The van der Waals surface area contributed by atoms with Crippen LogP contribution in [0.2, 0.25) is 0 Å². The third kappa shape index (κ3) is 2.06. The van der Waals surface area contributed by atoms with Crippen LogP contribution in [0, 0.1) is 0 Å². The van der Waals surface area contributed by atoms with Gasteiger partial charge in [-0.2, -0.15) is 4.37 Å². The fraction of sp³-hybridized carbons (Fsp3) is 0.833. The van der Waals surface area contributed by atoms with Crippen molar-refractivity contribution in [1.29, 1.82) is 0 Å². The van der Waals surface area contributed by atoms with Crippen LogP contribution in [0.15, 0.2) is 0 Å². The molecule has 3 heterocycles. The predicted octanol–water partition coefficient (Wildman–Crippen LogP) is 2.31. The number of hydrogen-bond acceptors (Lipinski definition) is 5. The van der Waals surface area contributed by atoms with Crippen LogP contribution in [0.1, 0.15) is 44.3 Å². The molecule has 4 nitrogen and oxygen atoms in total. The fourth-order valence-electron chi connectivity index (χ4n) is 3.25. The minimum Gasteiger partial charge on any atom is -0.361 e. The second-order valence-corrected chi connectivity index (χ2v) is 5.96. The number of hydrogen-bond donors (Lipinski definition) is 1. The highest BCUT2D eigenvalue weighted by molar-refractivity contribution is 7.09. The van der Waals surface area contributed by atoms with E-state index < -0.39 is 0 Å². The quantitative estimate of drug-likeness (QED) is 0.896. The molecule has 5 heteroatoms. The first-order valence-electron chi connectivity index (χ1n) is 6.57. The zero-order chi connectivity index (χ0) is 11.8. The lowest BCUT2D eigenvalue weighted by Gasteiger charge is -2.35.